The Bertz CT molecular complexity index is 814. The fourth-order valence-electron chi connectivity index (χ4n) is 2.94. The van der Waals surface area contributed by atoms with Gasteiger partial charge in [-0.3, -0.25) is 10.1 Å². The number of rotatable bonds is 6. The monoisotopic (exact) mass is 330 g/mol. The van der Waals surface area contributed by atoms with Crippen molar-refractivity contribution < 1.29 is 4.79 Å². The summed E-state index contributed by atoms with van der Waals surface area (Å²) in [6.07, 6.45) is 0. The maximum absolute atomic E-state index is 12.1. The van der Waals surface area contributed by atoms with E-state index in [4.69, 9.17) is 5.73 Å². The lowest BCUT2D eigenvalue weighted by Crippen LogP contribution is -2.36. The first-order valence-electron chi connectivity index (χ1n) is 8.37. The molecule has 0 aliphatic rings. The molecule has 3 heteroatoms. The Hall–Kier alpha value is -2.91. The molecular weight excluding hydrogens is 308 g/mol. The zero-order valence-electron chi connectivity index (χ0n) is 14.2. The van der Waals surface area contributed by atoms with Crippen LogP contribution in [0, 0.1) is 6.92 Å². The third kappa shape index (κ3) is 4.14. The average Bonchev–Trinajstić information content (AvgIpc) is 2.65. The minimum absolute atomic E-state index is 0.125. The summed E-state index contributed by atoms with van der Waals surface area (Å²) in [5.74, 6) is -0.390. The summed E-state index contributed by atoms with van der Waals surface area (Å²) in [6, 6.07) is 27.3. The third-order valence-electron chi connectivity index (χ3n) is 4.29. The van der Waals surface area contributed by atoms with Gasteiger partial charge in [-0.25, -0.2) is 0 Å². The van der Waals surface area contributed by atoms with E-state index in [1.807, 2.05) is 48.5 Å². The summed E-state index contributed by atoms with van der Waals surface area (Å²) >= 11 is 0. The Kier molecular flexibility index (Phi) is 5.26. The van der Waals surface area contributed by atoms with Crippen LogP contribution < -0.4 is 11.1 Å². The van der Waals surface area contributed by atoms with Crippen LogP contribution in [0.4, 0.5) is 0 Å². The van der Waals surface area contributed by atoms with Gasteiger partial charge >= 0.3 is 0 Å². The van der Waals surface area contributed by atoms with Crippen LogP contribution in [0.3, 0.4) is 0 Å². The van der Waals surface area contributed by atoms with Crippen LogP contribution in [0.15, 0.2) is 84.9 Å². The van der Waals surface area contributed by atoms with Gasteiger partial charge in [0.2, 0.25) is 5.91 Å². The largest absolute Gasteiger partial charge is 0.368 e. The number of hydrogen-bond donors (Lipinski definition) is 2. The number of aryl methyl sites for hydroxylation is 1. The number of primary amides is 1. The van der Waals surface area contributed by atoms with Gasteiger partial charge in [-0.15, -0.1) is 0 Å². The van der Waals surface area contributed by atoms with Crippen molar-refractivity contribution >= 4 is 5.91 Å². The van der Waals surface area contributed by atoms with E-state index in [9.17, 15) is 4.79 Å². The summed E-state index contributed by atoms with van der Waals surface area (Å²) in [6.45, 7) is 2.06. The van der Waals surface area contributed by atoms with E-state index < -0.39 is 6.04 Å². The second-order valence-electron chi connectivity index (χ2n) is 6.17. The molecule has 0 saturated heterocycles. The fourth-order valence-corrected chi connectivity index (χ4v) is 2.94. The van der Waals surface area contributed by atoms with Crippen molar-refractivity contribution in [2.75, 3.05) is 0 Å². The molecule has 1 amide bonds. The summed E-state index contributed by atoms with van der Waals surface area (Å²) in [7, 11) is 0. The smallest absolute Gasteiger partial charge is 0.239 e. The molecule has 2 atom stereocenters. The molecule has 0 bridgehead atoms. The van der Waals surface area contributed by atoms with Crippen LogP contribution in [0.2, 0.25) is 0 Å². The molecule has 0 saturated carbocycles. The Balaban J connectivity index is 1.99. The minimum atomic E-state index is -0.562. The predicted molar refractivity (Wildman–Crippen MR) is 101 cm³/mol. The van der Waals surface area contributed by atoms with E-state index in [2.05, 4.69) is 48.6 Å². The normalized spacial score (nSPS) is 13.2. The van der Waals surface area contributed by atoms with Crippen molar-refractivity contribution in [2.45, 2.75) is 19.0 Å². The fraction of sp³-hybridized carbons (Fsp3) is 0.136. The maximum Gasteiger partial charge on any atom is 0.239 e. The minimum Gasteiger partial charge on any atom is -0.368 e. The van der Waals surface area contributed by atoms with Crippen molar-refractivity contribution in [1.82, 2.24) is 5.32 Å². The number of nitrogens with two attached hydrogens (primary N) is 1. The van der Waals surface area contributed by atoms with Gasteiger partial charge < -0.3 is 5.73 Å². The molecule has 3 aromatic rings. The molecule has 3 aromatic carbocycles. The molecule has 0 unspecified atom stereocenters. The highest BCUT2D eigenvalue weighted by molar-refractivity contribution is 5.81. The van der Waals surface area contributed by atoms with Crippen molar-refractivity contribution in [3.05, 3.63) is 107 Å². The van der Waals surface area contributed by atoms with Crippen LogP contribution in [-0.2, 0) is 4.79 Å². The van der Waals surface area contributed by atoms with Gasteiger partial charge in [0.25, 0.3) is 0 Å². The van der Waals surface area contributed by atoms with E-state index in [1.54, 1.807) is 0 Å². The Labute approximate surface area is 148 Å². The van der Waals surface area contributed by atoms with E-state index in [1.165, 1.54) is 5.56 Å². The van der Waals surface area contributed by atoms with Crippen LogP contribution in [0.5, 0.6) is 0 Å². The van der Waals surface area contributed by atoms with Crippen molar-refractivity contribution in [1.29, 1.82) is 0 Å². The van der Waals surface area contributed by atoms with Gasteiger partial charge in [0.15, 0.2) is 0 Å². The second-order valence-corrected chi connectivity index (χ2v) is 6.17. The summed E-state index contributed by atoms with van der Waals surface area (Å²) in [5, 5.41) is 3.45. The Morgan fingerprint density at radius 1 is 0.760 bits per heavy atom. The van der Waals surface area contributed by atoms with Crippen LogP contribution in [-0.4, -0.2) is 5.91 Å². The third-order valence-corrected chi connectivity index (χ3v) is 4.29. The first kappa shape index (κ1) is 16.9. The highest BCUT2D eigenvalue weighted by atomic mass is 16.1. The Morgan fingerprint density at radius 2 is 1.24 bits per heavy atom. The van der Waals surface area contributed by atoms with Gasteiger partial charge in [-0.1, -0.05) is 90.5 Å². The molecular formula is C22H22N2O. The van der Waals surface area contributed by atoms with Gasteiger partial charge in [-0.2, -0.15) is 0 Å². The van der Waals surface area contributed by atoms with Crippen molar-refractivity contribution in [3.8, 4) is 0 Å². The molecule has 25 heavy (non-hydrogen) atoms. The van der Waals surface area contributed by atoms with E-state index in [0.29, 0.717) is 0 Å². The van der Waals surface area contributed by atoms with Crippen molar-refractivity contribution in [2.24, 2.45) is 5.73 Å². The summed E-state index contributed by atoms with van der Waals surface area (Å²) in [4.78, 5) is 12.1. The molecule has 3 N–H and O–H groups in total. The number of carbonyl (C=O) groups excluding carboxylic acids is 1. The lowest BCUT2D eigenvalue weighted by atomic mass is 9.95. The zero-order chi connectivity index (χ0) is 17.6. The maximum atomic E-state index is 12.1. The van der Waals surface area contributed by atoms with Crippen LogP contribution in [0.25, 0.3) is 0 Å². The lowest BCUT2D eigenvalue weighted by Gasteiger charge is -2.25. The van der Waals surface area contributed by atoms with E-state index >= 15 is 0 Å². The van der Waals surface area contributed by atoms with Crippen LogP contribution >= 0.6 is 0 Å². The molecule has 0 spiro atoms. The van der Waals surface area contributed by atoms with Crippen molar-refractivity contribution in [3.63, 3.8) is 0 Å². The predicted octanol–water partition coefficient (Wildman–Crippen LogP) is 3.90. The topological polar surface area (TPSA) is 55.1 Å². The molecule has 0 aromatic heterocycles. The summed E-state index contributed by atoms with van der Waals surface area (Å²) < 4.78 is 0. The molecule has 0 radical (unpaired) electrons. The molecule has 0 heterocycles. The lowest BCUT2D eigenvalue weighted by molar-refractivity contribution is -0.120. The van der Waals surface area contributed by atoms with Gasteiger partial charge in [0.05, 0.1) is 6.04 Å². The molecule has 0 fully saturated rings. The number of amides is 1. The first-order valence-corrected chi connectivity index (χ1v) is 8.37. The Morgan fingerprint density at radius 3 is 1.76 bits per heavy atom. The number of benzene rings is 3. The number of carbonyl (C=O) groups is 1. The second kappa shape index (κ2) is 7.77. The highest BCUT2D eigenvalue weighted by Gasteiger charge is 2.23. The van der Waals surface area contributed by atoms with E-state index in [-0.39, 0.29) is 11.9 Å². The quantitative estimate of drug-likeness (QED) is 0.720. The molecule has 0 aliphatic heterocycles. The zero-order valence-corrected chi connectivity index (χ0v) is 14.2. The number of hydrogen-bond acceptors (Lipinski definition) is 2. The van der Waals surface area contributed by atoms with Gasteiger partial charge in [0.1, 0.15) is 6.04 Å². The van der Waals surface area contributed by atoms with E-state index in [0.717, 1.165) is 16.7 Å². The molecule has 3 nitrogen and oxygen atoms in total. The average molecular weight is 330 g/mol. The molecule has 0 aliphatic carbocycles. The van der Waals surface area contributed by atoms with Gasteiger partial charge in [0, 0.05) is 0 Å². The summed E-state index contributed by atoms with van der Waals surface area (Å²) in [5.41, 5.74) is 9.95. The van der Waals surface area contributed by atoms with Gasteiger partial charge in [-0.05, 0) is 23.6 Å². The van der Waals surface area contributed by atoms with Crippen LogP contribution in [0.1, 0.15) is 34.3 Å². The highest BCUT2D eigenvalue weighted by Crippen LogP contribution is 2.26. The molecule has 3 rings (SSSR count). The SMILES string of the molecule is Cc1ccc([C@@H](N[C@@H](C(N)=O)c2ccccc2)c2ccccc2)cc1. The first-order chi connectivity index (χ1) is 12.1. The molecule has 126 valence electrons. The number of nitrogens with one attached hydrogen (secondary N) is 1. The standard InChI is InChI=1S/C22H22N2O/c1-16-12-14-19(15-13-16)20(17-8-4-2-5-9-17)24-21(22(23)25)18-10-6-3-7-11-18/h2-15,20-21,24H,1H3,(H2,23,25)/t20-,21+/m0/s1.